The lowest BCUT2D eigenvalue weighted by atomic mass is 10.1. The number of hydrogen-bond donors (Lipinski definition) is 2. The quantitative estimate of drug-likeness (QED) is 0.779. The van der Waals surface area contributed by atoms with Gasteiger partial charge in [-0.15, -0.1) is 10.2 Å². The van der Waals surface area contributed by atoms with Crippen LogP contribution in [0.15, 0.2) is 28.4 Å². The van der Waals surface area contributed by atoms with Crippen LogP contribution in [0.3, 0.4) is 0 Å². The van der Waals surface area contributed by atoms with Gasteiger partial charge in [0.05, 0.1) is 5.52 Å². The molecule has 0 aliphatic heterocycles. The van der Waals surface area contributed by atoms with Crippen molar-refractivity contribution in [2.75, 3.05) is 0 Å². The van der Waals surface area contributed by atoms with E-state index in [1.807, 2.05) is 25.1 Å². The van der Waals surface area contributed by atoms with Crippen molar-refractivity contribution in [3.8, 4) is 5.88 Å². The summed E-state index contributed by atoms with van der Waals surface area (Å²) >= 11 is 0. The van der Waals surface area contributed by atoms with Crippen molar-refractivity contribution in [2.24, 2.45) is 10.2 Å². The van der Waals surface area contributed by atoms with Gasteiger partial charge in [-0.3, -0.25) is 4.79 Å². The van der Waals surface area contributed by atoms with E-state index in [9.17, 15) is 9.90 Å². The Morgan fingerprint density at radius 2 is 2.24 bits per heavy atom. The van der Waals surface area contributed by atoms with E-state index in [-0.39, 0.29) is 5.88 Å². The van der Waals surface area contributed by atoms with Crippen molar-refractivity contribution in [2.45, 2.75) is 20.3 Å². The fraction of sp³-hybridized carbons (Fsp3) is 0.250. The minimum atomic E-state index is -0.398. The number of fused-ring (bicyclic) bond motifs is 1. The molecule has 0 atom stereocenters. The Morgan fingerprint density at radius 3 is 2.88 bits per heavy atom. The summed E-state index contributed by atoms with van der Waals surface area (Å²) in [6.07, 6.45) is 0.894. The van der Waals surface area contributed by atoms with Crippen LogP contribution in [-0.2, 0) is 11.2 Å². The Bertz CT molecular complexity index is 599. The summed E-state index contributed by atoms with van der Waals surface area (Å²) < 4.78 is 0. The van der Waals surface area contributed by atoms with Crippen LogP contribution in [0.4, 0.5) is 5.69 Å². The van der Waals surface area contributed by atoms with Gasteiger partial charge in [0.15, 0.2) is 5.69 Å². The molecule has 1 aromatic carbocycles. The van der Waals surface area contributed by atoms with Crippen LogP contribution < -0.4 is 0 Å². The molecule has 0 radical (unpaired) electrons. The highest BCUT2D eigenvalue weighted by Gasteiger charge is 2.10. The first kappa shape index (κ1) is 11.3. The number of benzene rings is 1. The summed E-state index contributed by atoms with van der Waals surface area (Å²) in [5.74, 6) is -0.469. The Kier molecular flexibility index (Phi) is 2.91. The van der Waals surface area contributed by atoms with Crippen molar-refractivity contribution < 1.29 is 9.90 Å². The molecule has 1 aromatic heterocycles. The number of hydrogen-bond acceptors (Lipinski definition) is 3. The van der Waals surface area contributed by atoms with Crippen LogP contribution in [0.5, 0.6) is 5.88 Å². The van der Waals surface area contributed by atoms with Gasteiger partial charge in [-0.05, 0) is 24.1 Å². The third-order valence-electron chi connectivity index (χ3n) is 2.52. The smallest absolute Gasteiger partial charge is 0.261 e. The first-order valence-corrected chi connectivity index (χ1v) is 5.37. The maximum atomic E-state index is 10.8. The molecule has 2 rings (SSSR count). The van der Waals surface area contributed by atoms with Crippen LogP contribution in [0.1, 0.15) is 19.4 Å². The summed E-state index contributed by atoms with van der Waals surface area (Å²) in [6, 6.07) is 5.78. The molecule has 17 heavy (non-hydrogen) atoms. The molecule has 1 heterocycles. The highest BCUT2D eigenvalue weighted by molar-refractivity contribution is 5.94. The van der Waals surface area contributed by atoms with Crippen LogP contribution in [-0.4, -0.2) is 16.0 Å². The first-order valence-electron chi connectivity index (χ1n) is 5.37. The first-order chi connectivity index (χ1) is 8.11. The van der Waals surface area contributed by atoms with Gasteiger partial charge in [-0.25, -0.2) is 0 Å². The zero-order chi connectivity index (χ0) is 12.4. The normalized spacial score (nSPS) is 11.4. The zero-order valence-electron chi connectivity index (χ0n) is 9.69. The van der Waals surface area contributed by atoms with Crippen molar-refractivity contribution in [3.05, 3.63) is 23.8 Å². The molecule has 2 N–H and O–H groups in total. The summed E-state index contributed by atoms with van der Waals surface area (Å²) in [7, 11) is 0. The van der Waals surface area contributed by atoms with Gasteiger partial charge in [0.1, 0.15) is 0 Å². The average Bonchev–Trinajstić information content (AvgIpc) is 2.61. The lowest BCUT2D eigenvalue weighted by molar-refractivity contribution is -0.116. The molecule has 0 saturated heterocycles. The van der Waals surface area contributed by atoms with Crippen LogP contribution in [0.2, 0.25) is 0 Å². The van der Waals surface area contributed by atoms with E-state index in [0.29, 0.717) is 5.69 Å². The van der Waals surface area contributed by atoms with Gasteiger partial charge in [0.25, 0.3) is 5.91 Å². The fourth-order valence-corrected chi connectivity index (χ4v) is 1.65. The minimum Gasteiger partial charge on any atom is -0.493 e. The van der Waals surface area contributed by atoms with E-state index in [1.165, 1.54) is 6.92 Å². The Labute approximate surface area is 98.2 Å². The number of rotatable bonds is 2. The van der Waals surface area contributed by atoms with E-state index in [2.05, 4.69) is 15.2 Å². The number of aromatic amines is 1. The SMILES string of the molecule is CCc1ccc2[nH]c(O)c(N=NC(C)=O)c2c1. The predicted molar refractivity (Wildman–Crippen MR) is 64.5 cm³/mol. The molecular formula is C12H13N3O2. The number of aromatic hydroxyl groups is 1. The maximum absolute atomic E-state index is 10.8. The Hall–Kier alpha value is -2.17. The molecule has 0 unspecified atom stereocenters. The third-order valence-corrected chi connectivity index (χ3v) is 2.52. The topological polar surface area (TPSA) is 77.8 Å². The molecule has 0 fully saturated rings. The number of azo groups is 1. The van der Waals surface area contributed by atoms with Gasteiger partial charge in [-0.1, -0.05) is 13.0 Å². The number of aryl methyl sites for hydroxylation is 1. The molecule has 88 valence electrons. The van der Waals surface area contributed by atoms with E-state index < -0.39 is 5.91 Å². The molecule has 0 bridgehead atoms. The van der Waals surface area contributed by atoms with Gasteiger partial charge in [0, 0.05) is 12.3 Å². The number of nitrogens with zero attached hydrogens (tertiary/aromatic N) is 2. The fourth-order valence-electron chi connectivity index (χ4n) is 1.65. The molecule has 5 heteroatoms. The lowest BCUT2D eigenvalue weighted by Crippen LogP contribution is -1.79. The lowest BCUT2D eigenvalue weighted by Gasteiger charge is -1.96. The second-order valence-electron chi connectivity index (χ2n) is 3.77. The number of amides is 1. The van der Waals surface area contributed by atoms with E-state index >= 15 is 0 Å². The van der Waals surface area contributed by atoms with Crippen LogP contribution in [0.25, 0.3) is 10.9 Å². The van der Waals surface area contributed by atoms with Crippen LogP contribution in [0, 0.1) is 0 Å². The maximum Gasteiger partial charge on any atom is 0.261 e. The highest BCUT2D eigenvalue weighted by atomic mass is 16.3. The number of aromatic nitrogens is 1. The van der Waals surface area contributed by atoms with Gasteiger partial charge in [-0.2, -0.15) is 0 Å². The number of nitrogens with one attached hydrogen (secondary N) is 1. The van der Waals surface area contributed by atoms with Crippen LogP contribution >= 0.6 is 0 Å². The summed E-state index contributed by atoms with van der Waals surface area (Å²) in [6.45, 7) is 3.36. The number of carbonyl (C=O) groups is 1. The number of carbonyl (C=O) groups excluding carboxylic acids is 1. The van der Waals surface area contributed by atoms with E-state index in [4.69, 9.17) is 0 Å². The average molecular weight is 231 g/mol. The molecule has 0 aliphatic carbocycles. The second-order valence-corrected chi connectivity index (χ2v) is 3.77. The molecule has 2 aromatic rings. The standard InChI is InChI=1S/C12H13N3O2/c1-3-8-4-5-10-9(6-8)11(12(17)13-10)15-14-7(2)16/h4-6,13,17H,3H2,1-2H3. The molecule has 0 saturated carbocycles. The second kappa shape index (κ2) is 4.37. The predicted octanol–water partition coefficient (Wildman–Crippen LogP) is 3.07. The monoisotopic (exact) mass is 231 g/mol. The van der Waals surface area contributed by atoms with Gasteiger partial charge < -0.3 is 10.1 Å². The van der Waals surface area contributed by atoms with Crippen molar-refractivity contribution in [3.63, 3.8) is 0 Å². The highest BCUT2D eigenvalue weighted by Crippen LogP contribution is 2.35. The number of H-pyrrole nitrogens is 1. The third kappa shape index (κ3) is 2.18. The minimum absolute atomic E-state index is 0.0711. The molecular weight excluding hydrogens is 218 g/mol. The molecule has 0 aliphatic rings. The largest absolute Gasteiger partial charge is 0.493 e. The summed E-state index contributed by atoms with van der Waals surface area (Å²) in [5, 5.41) is 17.7. The van der Waals surface area contributed by atoms with E-state index in [1.54, 1.807) is 0 Å². The van der Waals surface area contributed by atoms with Crippen molar-refractivity contribution in [1.29, 1.82) is 0 Å². The Morgan fingerprint density at radius 1 is 1.47 bits per heavy atom. The zero-order valence-corrected chi connectivity index (χ0v) is 9.69. The van der Waals surface area contributed by atoms with E-state index in [0.717, 1.165) is 22.9 Å². The summed E-state index contributed by atoms with van der Waals surface area (Å²) in [4.78, 5) is 13.5. The van der Waals surface area contributed by atoms with Crippen molar-refractivity contribution in [1.82, 2.24) is 4.98 Å². The molecule has 5 nitrogen and oxygen atoms in total. The summed E-state index contributed by atoms with van der Waals surface area (Å²) in [5.41, 5.74) is 2.22. The van der Waals surface area contributed by atoms with Crippen molar-refractivity contribution >= 4 is 22.5 Å². The van der Waals surface area contributed by atoms with Gasteiger partial charge >= 0.3 is 0 Å². The molecule has 1 amide bonds. The van der Waals surface area contributed by atoms with Gasteiger partial charge in [0.2, 0.25) is 5.88 Å². The molecule has 0 spiro atoms. The Balaban J connectivity index is 2.60.